The van der Waals surface area contributed by atoms with E-state index in [1.54, 1.807) is 0 Å². The Kier molecular flexibility index (Phi) is 2.24. The topological polar surface area (TPSA) is 26.0 Å². The van der Waals surface area contributed by atoms with Crippen molar-refractivity contribution in [3.8, 4) is 0 Å². The zero-order chi connectivity index (χ0) is 10.3. The van der Waals surface area contributed by atoms with Gasteiger partial charge in [0, 0.05) is 18.0 Å². The van der Waals surface area contributed by atoms with Gasteiger partial charge in [0.2, 0.25) is 0 Å². The lowest BCUT2D eigenvalue weighted by atomic mass is 9.96. The number of benzene rings is 1. The Morgan fingerprint density at radius 2 is 2.00 bits per heavy atom. The molecule has 1 aromatic rings. The first-order valence-corrected chi connectivity index (χ1v) is 4.82. The van der Waals surface area contributed by atoms with Gasteiger partial charge in [-0.15, -0.1) is 0 Å². The molecule has 76 valence electrons. The molecule has 14 heavy (non-hydrogen) atoms. The maximum absolute atomic E-state index is 13.1. The lowest BCUT2D eigenvalue weighted by Gasteiger charge is -2.15. The van der Waals surface area contributed by atoms with E-state index >= 15 is 0 Å². The van der Waals surface area contributed by atoms with Gasteiger partial charge in [0.05, 0.1) is 5.02 Å². The Balaban J connectivity index is 2.52. The van der Waals surface area contributed by atoms with Gasteiger partial charge in [0.1, 0.15) is 11.6 Å². The number of hydrogen-bond donors (Lipinski definition) is 1. The molecule has 0 unspecified atom stereocenters. The molecule has 0 aliphatic heterocycles. The van der Waals surface area contributed by atoms with Crippen LogP contribution >= 0.6 is 11.6 Å². The van der Waals surface area contributed by atoms with Gasteiger partial charge in [0.25, 0.3) is 0 Å². The normalized spacial score (nSPS) is 18.3. The van der Waals surface area contributed by atoms with Crippen LogP contribution in [0.3, 0.4) is 0 Å². The Labute approximate surface area is 85.9 Å². The molecule has 1 saturated carbocycles. The summed E-state index contributed by atoms with van der Waals surface area (Å²) in [5, 5.41) is 0.00866. The minimum atomic E-state index is -0.707. The molecule has 0 spiro atoms. The van der Waals surface area contributed by atoms with Crippen LogP contribution in [0.1, 0.15) is 18.4 Å². The molecule has 0 radical (unpaired) electrons. The molecule has 2 N–H and O–H groups in total. The molecule has 0 saturated heterocycles. The van der Waals surface area contributed by atoms with Crippen LogP contribution in [0.2, 0.25) is 5.02 Å². The molecule has 1 aliphatic rings. The number of hydrogen-bond acceptors (Lipinski definition) is 1. The van der Waals surface area contributed by atoms with Gasteiger partial charge in [-0.05, 0) is 24.5 Å². The molecule has 1 nitrogen and oxygen atoms in total. The third kappa shape index (κ3) is 1.41. The minimum absolute atomic E-state index is 0.00866. The molecule has 1 aromatic carbocycles. The molecule has 2 rings (SSSR count). The fourth-order valence-electron chi connectivity index (χ4n) is 1.68. The van der Waals surface area contributed by atoms with Crippen molar-refractivity contribution in [3.05, 3.63) is 34.4 Å². The first-order chi connectivity index (χ1) is 6.59. The summed E-state index contributed by atoms with van der Waals surface area (Å²) in [6.45, 7) is 0.385. The quantitative estimate of drug-likeness (QED) is 0.758. The monoisotopic (exact) mass is 217 g/mol. The summed E-state index contributed by atoms with van der Waals surface area (Å²) in [4.78, 5) is 0. The Morgan fingerprint density at radius 3 is 2.50 bits per heavy atom. The van der Waals surface area contributed by atoms with Crippen molar-refractivity contribution in [2.45, 2.75) is 18.3 Å². The highest BCUT2D eigenvalue weighted by Crippen LogP contribution is 2.50. The molecule has 4 heteroatoms. The van der Waals surface area contributed by atoms with Crippen LogP contribution in [0.25, 0.3) is 0 Å². The van der Waals surface area contributed by atoms with E-state index in [0.717, 1.165) is 18.9 Å². The molecule has 0 aromatic heterocycles. The minimum Gasteiger partial charge on any atom is -0.330 e. The molecule has 1 aliphatic carbocycles. The Hall–Kier alpha value is -0.670. The second-order valence-corrected chi connectivity index (χ2v) is 4.11. The van der Waals surface area contributed by atoms with E-state index in [-0.39, 0.29) is 10.4 Å². The van der Waals surface area contributed by atoms with Crippen molar-refractivity contribution in [1.29, 1.82) is 0 Å². The molecular formula is C10H10ClF2N. The van der Waals surface area contributed by atoms with Crippen molar-refractivity contribution in [1.82, 2.24) is 0 Å². The zero-order valence-corrected chi connectivity index (χ0v) is 8.24. The van der Waals surface area contributed by atoms with Gasteiger partial charge in [-0.1, -0.05) is 11.6 Å². The van der Waals surface area contributed by atoms with Gasteiger partial charge < -0.3 is 5.73 Å². The largest absolute Gasteiger partial charge is 0.330 e. The standard InChI is InChI=1S/C10H10ClF2N/c11-9-7(10(5-14)1-2-10)3-6(12)4-8(9)13/h3-4H,1-2,5,14H2. The predicted molar refractivity (Wildman–Crippen MR) is 51.3 cm³/mol. The highest BCUT2D eigenvalue weighted by Gasteiger charge is 2.45. The van der Waals surface area contributed by atoms with Gasteiger partial charge in [-0.2, -0.15) is 0 Å². The summed E-state index contributed by atoms with van der Waals surface area (Å²) in [5.41, 5.74) is 5.80. The smallest absolute Gasteiger partial charge is 0.145 e. The van der Waals surface area contributed by atoms with Crippen LogP contribution in [0.4, 0.5) is 8.78 Å². The van der Waals surface area contributed by atoms with E-state index in [0.29, 0.717) is 12.1 Å². The average molecular weight is 218 g/mol. The lowest BCUT2D eigenvalue weighted by molar-refractivity contribution is 0.571. The highest BCUT2D eigenvalue weighted by atomic mass is 35.5. The van der Waals surface area contributed by atoms with Crippen molar-refractivity contribution in [3.63, 3.8) is 0 Å². The van der Waals surface area contributed by atoms with Crippen molar-refractivity contribution < 1.29 is 8.78 Å². The summed E-state index contributed by atoms with van der Waals surface area (Å²) in [7, 11) is 0. The SMILES string of the molecule is NCC1(c2cc(F)cc(F)c2Cl)CC1. The fourth-order valence-corrected chi connectivity index (χ4v) is 1.99. The zero-order valence-electron chi connectivity index (χ0n) is 7.49. The second-order valence-electron chi connectivity index (χ2n) is 3.73. The summed E-state index contributed by atoms with van der Waals surface area (Å²) in [6.07, 6.45) is 1.71. The molecule has 0 amide bonds. The van der Waals surface area contributed by atoms with Crippen LogP contribution in [0, 0.1) is 11.6 Å². The third-order valence-electron chi connectivity index (χ3n) is 2.81. The van der Waals surface area contributed by atoms with Crippen molar-refractivity contribution in [2.24, 2.45) is 5.73 Å². The maximum Gasteiger partial charge on any atom is 0.145 e. The van der Waals surface area contributed by atoms with Crippen LogP contribution in [-0.2, 0) is 5.41 Å². The third-order valence-corrected chi connectivity index (χ3v) is 3.19. The van der Waals surface area contributed by atoms with Crippen LogP contribution in [0.15, 0.2) is 12.1 Å². The summed E-state index contributed by atoms with van der Waals surface area (Å²) >= 11 is 5.77. The van der Waals surface area contributed by atoms with Crippen LogP contribution < -0.4 is 5.73 Å². The molecule has 0 heterocycles. The predicted octanol–water partition coefficient (Wildman–Crippen LogP) is 2.61. The van der Waals surface area contributed by atoms with Crippen molar-refractivity contribution >= 4 is 11.6 Å². The number of rotatable bonds is 2. The summed E-state index contributed by atoms with van der Waals surface area (Å²) < 4.78 is 26.1. The Bertz CT molecular complexity index is 375. The number of halogens is 3. The fraction of sp³-hybridized carbons (Fsp3) is 0.400. The lowest BCUT2D eigenvalue weighted by Crippen LogP contribution is -2.20. The summed E-state index contributed by atoms with van der Waals surface area (Å²) in [5.74, 6) is -1.30. The van der Waals surface area contributed by atoms with Crippen LogP contribution in [-0.4, -0.2) is 6.54 Å². The first-order valence-electron chi connectivity index (χ1n) is 4.44. The highest BCUT2D eigenvalue weighted by molar-refractivity contribution is 6.31. The van der Waals surface area contributed by atoms with Crippen molar-refractivity contribution in [2.75, 3.05) is 6.54 Å². The van der Waals surface area contributed by atoms with Gasteiger partial charge in [-0.3, -0.25) is 0 Å². The number of nitrogens with two attached hydrogens (primary N) is 1. The van der Waals surface area contributed by atoms with Gasteiger partial charge >= 0.3 is 0 Å². The van der Waals surface area contributed by atoms with E-state index in [1.165, 1.54) is 6.07 Å². The molecular weight excluding hydrogens is 208 g/mol. The maximum atomic E-state index is 13.1. The van der Waals surface area contributed by atoms with Gasteiger partial charge in [-0.25, -0.2) is 8.78 Å². The van der Waals surface area contributed by atoms with E-state index < -0.39 is 11.6 Å². The van der Waals surface area contributed by atoms with E-state index in [2.05, 4.69) is 0 Å². The average Bonchev–Trinajstić information content (AvgIpc) is 2.92. The first kappa shape index (κ1) is 9.87. The second kappa shape index (κ2) is 3.17. The van der Waals surface area contributed by atoms with E-state index in [1.807, 2.05) is 0 Å². The Morgan fingerprint density at radius 1 is 1.36 bits per heavy atom. The molecule has 0 bridgehead atoms. The van der Waals surface area contributed by atoms with E-state index in [4.69, 9.17) is 17.3 Å². The van der Waals surface area contributed by atoms with E-state index in [9.17, 15) is 8.78 Å². The molecule has 1 fully saturated rings. The molecule has 0 atom stereocenters. The van der Waals surface area contributed by atoms with Crippen LogP contribution in [0.5, 0.6) is 0 Å². The summed E-state index contributed by atoms with van der Waals surface area (Å²) in [6, 6.07) is 2.07. The van der Waals surface area contributed by atoms with Gasteiger partial charge in [0.15, 0.2) is 0 Å².